The van der Waals surface area contributed by atoms with Crippen LogP contribution in [0.1, 0.15) is 0 Å². The molecule has 1 saturated heterocycles. The number of hydrogen-bond acceptors (Lipinski definition) is 7. The number of nitro groups is 1. The first-order valence-corrected chi connectivity index (χ1v) is 8.45. The molecule has 0 amide bonds. The zero-order valence-electron chi connectivity index (χ0n) is 12.9. The zero-order valence-corrected chi connectivity index (χ0v) is 13.7. The Morgan fingerprint density at radius 1 is 1.52 bits per heavy atom. The second-order valence-electron chi connectivity index (χ2n) is 4.98. The van der Waals surface area contributed by atoms with Crippen molar-refractivity contribution in [1.82, 2.24) is 4.72 Å². The lowest BCUT2D eigenvalue weighted by molar-refractivity contribution is -0.387. The largest absolute Gasteiger partial charge is 0.382 e. The van der Waals surface area contributed by atoms with Crippen molar-refractivity contribution in [3.63, 3.8) is 0 Å². The van der Waals surface area contributed by atoms with Gasteiger partial charge in [-0.05, 0) is 13.1 Å². The molecule has 1 heterocycles. The van der Waals surface area contributed by atoms with E-state index >= 15 is 0 Å². The third-order valence-corrected chi connectivity index (χ3v) is 5.03. The molecule has 0 bridgehead atoms. The van der Waals surface area contributed by atoms with Crippen molar-refractivity contribution < 1.29 is 22.8 Å². The van der Waals surface area contributed by atoms with E-state index in [0.29, 0.717) is 26.3 Å². The van der Waals surface area contributed by atoms with Gasteiger partial charge in [0.25, 0.3) is 5.69 Å². The summed E-state index contributed by atoms with van der Waals surface area (Å²) < 4.78 is 37.3. The predicted octanol–water partition coefficient (Wildman–Crippen LogP) is 0.355. The molecule has 1 aromatic rings. The number of nitro benzene ring substituents is 1. The summed E-state index contributed by atoms with van der Waals surface area (Å²) in [5.74, 6) is 0. The van der Waals surface area contributed by atoms with Crippen molar-refractivity contribution in [3.8, 4) is 0 Å². The first kappa shape index (κ1) is 17.6. The van der Waals surface area contributed by atoms with E-state index in [1.165, 1.54) is 19.2 Å². The van der Waals surface area contributed by atoms with E-state index in [0.717, 1.165) is 0 Å². The highest BCUT2D eigenvalue weighted by molar-refractivity contribution is 7.89. The number of benzene rings is 1. The van der Waals surface area contributed by atoms with Gasteiger partial charge >= 0.3 is 0 Å². The van der Waals surface area contributed by atoms with E-state index < -0.39 is 20.6 Å². The van der Waals surface area contributed by atoms with Crippen LogP contribution in [0, 0.1) is 10.1 Å². The Morgan fingerprint density at radius 3 is 2.87 bits per heavy atom. The average Bonchev–Trinajstić information content (AvgIpc) is 2.54. The lowest BCUT2D eigenvalue weighted by Crippen LogP contribution is -2.45. The van der Waals surface area contributed by atoms with E-state index in [2.05, 4.69) is 4.72 Å². The zero-order chi connectivity index (χ0) is 17.0. The molecule has 0 aliphatic carbocycles. The molecule has 1 aliphatic rings. The van der Waals surface area contributed by atoms with Crippen LogP contribution in [0.2, 0.25) is 0 Å². The standard InChI is InChI=1S/C13H19N3O6S/c1-14-23(19,20)13-11(4-3-5-12(13)16(17)18)15-6-7-22-10(8-15)9-21-2/h3-5,10,14H,6-9H2,1-2H3/t10-/m0/s1. The fourth-order valence-electron chi connectivity index (χ4n) is 2.51. The van der Waals surface area contributed by atoms with Crippen LogP contribution < -0.4 is 9.62 Å². The molecule has 1 fully saturated rings. The Labute approximate surface area is 134 Å². The summed E-state index contributed by atoms with van der Waals surface area (Å²) >= 11 is 0. The molecule has 9 nitrogen and oxygen atoms in total. The van der Waals surface area contributed by atoms with E-state index in [1.807, 2.05) is 0 Å². The van der Waals surface area contributed by atoms with Crippen LogP contribution in [0.5, 0.6) is 0 Å². The smallest absolute Gasteiger partial charge is 0.291 e. The van der Waals surface area contributed by atoms with Crippen molar-refractivity contribution in [3.05, 3.63) is 28.3 Å². The van der Waals surface area contributed by atoms with Crippen molar-refractivity contribution in [2.24, 2.45) is 0 Å². The second kappa shape index (κ2) is 7.21. The molecule has 1 aliphatic heterocycles. The lowest BCUT2D eigenvalue weighted by Gasteiger charge is -2.34. The predicted molar refractivity (Wildman–Crippen MR) is 83.2 cm³/mol. The fraction of sp³-hybridized carbons (Fsp3) is 0.538. The Morgan fingerprint density at radius 2 is 2.26 bits per heavy atom. The Kier molecular flexibility index (Phi) is 5.52. The quantitative estimate of drug-likeness (QED) is 0.585. The third-order valence-electron chi connectivity index (χ3n) is 3.54. The molecule has 0 unspecified atom stereocenters. The Balaban J connectivity index is 2.50. The van der Waals surface area contributed by atoms with E-state index in [4.69, 9.17) is 9.47 Å². The summed E-state index contributed by atoms with van der Waals surface area (Å²) in [5, 5.41) is 11.2. The van der Waals surface area contributed by atoms with Gasteiger partial charge in [0.15, 0.2) is 4.90 Å². The third kappa shape index (κ3) is 3.78. The molecular weight excluding hydrogens is 326 g/mol. The topological polar surface area (TPSA) is 111 Å². The SMILES string of the molecule is CNS(=O)(=O)c1c(N2CCO[C@H](COC)C2)cccc1[N+](=O)[O-]. The summed E-state index contributed by atoms with van der Waals surface area (Å²) in [6.07, 6.45) is -0.224. The minimum atomic E-state index is -3.99. The number of hydrogen-bond donors (Lipinski definition) is 1. The van der Waals surface area contributed by atoms with E-state index in [1.54, 1.807) is 18.1 Å². The normalized spacial score (nSPS) is 18.9. The number of sulfonamides is 1. The minimum absolute atomic E-state index is 0.224. The van der Waals surface area contributed by atoms with Crippen molar-refractivity contribution in [2.45, 2.75) is 11.0 Å². The highest BCUT2D eigenvalue weighted by atomic mass is 32.2. The number of methoxy groups -OCH3 is 1. The summed E-state index contributed by atoms with van der Waals surface area (Å²) in [6.45, 7) is 1.57. The molecule has 23 heavy (non-hydrogen) atoms. The van der Waals surface area contributed by atoms with Crippen LogP contribution in [0.15, 0.2) is 23.1 Å². The van der Waals surface area contributed by atoms with Crippen LogP contribution in [-0.4, -0.2) is 59.9 Å². The van der Waals surface area contributed by atoms with Gasteiger partial charge in [0.2, 0.25) is 10.0 Å². The first-order valence-electron chi connectivity index (χ1n) is 6.97. The highest BCUT2D eigenvalue weighted by Gasteiger charge is 2.32. The monoisotopic (exact) mass is 345 g/mol. The number of anilines is 1. The van der Waals surface area contributed by atoms with Gasteiger partial charge in [0.05, 0.1) is 29.9 Å². The molecule has 1 atom stereocenters. The summed E-state index contributed by atoms with van der Waals surface area (Å²) in [4.78, 5) is 12.0. The van der Waals surface area contributed by atoms with Gasteiger partial charge in [-0.25, -0.2) is 13.1 Å². The maximum atomic E-state index is 12.3. The highest BCUT2D eigenvalue weighted by Crippen LogP contribution is 2.34. The molecule has 0 saturated carbocycles. The van der Waals surface area contributed by atoms with Gasteiger partial charge in [-0.1, -0.05) is 6.07 Å². The molecule has 128 valence electrons. The lowest BCUT2D eigenvalue weighted by atomic mass is 10.2. The molecule has 0 radical (unpaired) electrons. The molecule has 0 spiro atoms. The Bertz CT molecular complexity index is 676. The van der Waals surface area contributed by atoms with Gasteiger partial charge in [0.1, 0.15) is 0 Å². The van der Waals surface area contributed by atoms with Crippen molar-refractivity contribution in [1.29, 1.82) is 0 Å². The maximum absolute atomic E-state index is 12.3. The molecule has 1 N–H and O–H groups in total. The average molecular weight is 345 g/mol. The first-order chi connectivity index (χ1) is 10.9. The van der Waals surface area contributed by atoms with Gasteiger partial charge in [-0.2, -0.15) is 0 Å². The van der Waals surface area contributed by atoms with Gasteiger partial charge in [0, 0.05) is 26.3 Å². The van der Waals surface area contributed by atoms with Gasteiger partial charge in [-0.3, -0.25) is 10.1 Å². The maximum Gasteiger partial charge on any atom is 0.291 e. The van der Waals surface area contributed by atoms with Crippen LogP contribution >= 0.6 is 0 Å². The number of rotatable bonds is 6. The molecule has 2 rings (SSSR count). The van der Waals surface area contributed by atoms with Crippen LogP contribution in [0.4, 0.5) is 11.4 Å². The van der Waals surface area contributed by atoms with Crippen molar-refractivity contribution >= 4 is 21.4 Å². The second-order valence-corrected chi connectivity index (χ2v) is 6.81. The van der Waals surface area contributed by atoms with Gasteiger partial charge in [-0.15, -0.1) is 0 Å². The van der Waals surface area contributed by atoms with Crippen molar-refractivity contribution in [2.75, 3.05) is 45.4 Å². The van der Waals surface area contributed by atoms with E-state index in [9.17, 15) is 18.5 Å². The number of nitrogens with one attached hydrogen (secondary N) is 1. The summed E-state index contributed by atoms with van der Waals surface area (Å²) in [5.41, 5.74) is -0.162. The van der Waals surface area contributed by atoms with Crippen LogP contribution in [-0.2, 0) is 19.5 Å². The summed E-state index contributed by atoms with van der Waals surface area (Å²) in [6, 6.07) is 4.22. The molecule has 1 aromatic carbocycles. The van der Waals surface area contributed by atoms with E-state index in [-0.39, 0.29) is 16.7 Å². The molecule has 10 heteroatoms. The van der Waals surface area contributed by atoms with Gasteiger partial charge < -0.3 is 14.4 Å². The molecular formula is C13H19N3O6S. The fourth-order valence-corrected chi connectivity index (χ4v) is 3.60. The number of morpholine rings is 1. The molecule has 0 aromatic heterocycles. The number of nitrogens with zero attached hydrogens (tertiary/aromatic N) is 2. The van der Waals surface area contributed by atoms with Crippen LogP contribution in [0.25, 0.3) is 0 Å². The Hall–Kier alpha value is -1.75. The minimum Gasteiger partial charge on any atom is -0.382 e. The summed E-state index contributed by atoms with van der Waals surface area (Å²) in [7, 11) is -1.22. The van der Waals surface area contributed by atoms with Crippen LogP contribution in [0.3, 0.4) is 0 Å². The number of ether oxygens (including phenoxy) is 2.